The van der Waals surface area contributed by atoms with Gasteiger partial charge in [-0.2, -0.15) is 9.97 Å². The summed E-state index contributed by atoms with van der Waals surface area (Å²) in [5.74, 6) is 1.35. The number of anilines is 3. The molecule has 2 fully saturated rings. The highest BCUT2D eigenvalue weighted by atomic mass is 35.5. The van der Waals surface area contributed by atoms with E-state index in [2.05, 4.69) is 15.2 Å². The quantitative estimate of drug-likeness (QED) is 0.381. The first kappa shape index (κ1) is 22.2. The van der Waals surface area contributed by atoms with Gasteiger partial charge in [-0.1, -0.05) is 30.9 Å². The molecule has 0 spiro atoms. The van der Waals surface area contributed by atoms with E-state index in [4.69, 9.17) is 38.0 Å². The molecule has 0 atom stereocenters. The lowest BCUT2D eigenvalue weighted by molar-refractivity contribution is 0.358. The maximum Gasteiger partial charge on any atom is 0.227 e. The molecule has 2 heterocycles. The number of hydrogen-bond acceptors (Lipinski definition) is 7. The number of nitrogens with two attached hydrogens (primary N) is 2. The summed E-state index contributed by atoms with van der Waals surface area (Å²) in [6.07, 6.45) is 12.2. The molecule has 3 aromatic rings. The Morgan fingerprint density at radius 3 is 2.61 bits per heavy atom. The molecule has 2 aliphatic rings. The predicted octanol–water partition coefficient (Wildman–Crippen LogP) is 4.86. The zero-order chi connectivity index (χ0) is 22.8. The molecule has 8 nitrogen and oxygen atoms in total. The minimum atomic E-state index is 0.305. The fraction of sp³-hybridized carbons (Fsp3) is 0.542. The maximum atomic E-state index is 6.18. The molecule has 0 bridgehead atoms. The highest BCUT2D eigenvalue weighted by molar-refractivity contribution is 6.30. The molecule has 0 amide bonds. The number of rotatable bonds is 6. The number of nitrogens with one attached hydrogen (secondary N) is 2. The summed E-state index contributed by atoms with van der Waals surface area (Å²) >= 11 is 6.18. The van der Waals surface area contributed by atoms with E-state index in [9.17, 15) is 0 Å². The van der Waals surface area contributed by atoms with E-state index >= 15 is 0 Å². The Hall–Kier alpha value is -2.58. The number of nitrogen functional groups attached to an aromatic ring is 1. The first-order chi connectivity index (χ1) is 16.1. The third kappa shape index (κ3) is 5.01. The lowest BCUT2D eigenvalue weighted by Crippen LogP contribution is -2.33. The molecule has 2 aromatic heterocycles. The lowest BCUT2D eigenvalue weighted by atomic mass is 9.92. The molecular formula is C24H33ClN8. The first-order valence-corrected chi connectivity index (χ1v) is 12.5. The number of fused-ring (bicyclic) bond motifs is 1. The van der Waals surface area contributed by atoms with Crippen LogP contribution in [0.4, 0.5) is 17.5 Å². The molecule has 176 valence electrons. The van der Waals surface area contributed by atoms with Crippen LogP contribution >= 0.6 is 11.6 Å². The van der Waals surface area contributed by atoms with Gasteiger partial charge < -0.3 is 26.7 Å². The summed E-state index contributed by atoms with van der Waals surface area (Å²) in [7, 11) is 0. The second-order valence-corrected chi connectivity index (χ2v) is 9.90. The van der Waals surface area contributed by atoms with Crippen LogP contribution in [-0.4, -0.2) is 31.6 Å². The number of halogens is 1. The number of aromatic nitrogens is 4. The second-order valence-electron chi connectivity index (χ2n) is 9.46. The van der Waals surface area contributed by atoms with Crippen molar-refractivity contribution < 1.29 is 0 Å². The van der Waals surface area contributed by atoms with Gasteiger partial charge in [0.1, 0.15) is 0 Å². The molecule has 2 aliphatic carbocycles. The zero-order valence-electron chi connectivity index (χ0n) is 18.9. The number of imidazole rings is 1. The van der Waals surface area contributed by atoms with Gasteiger partial charge in [0.25, 0.3) is 0 Å². The second kappa shape index (κ2) is 9.73. The van der Waals surface area contributed by atoms with Crippen LogP contribution in [-0.2, 0) is 6.54 Å². The van der Waals surface area contributed by atoms with Gasteiger partial charge in [0.2, 0.25) is 5.95 Å². The molecule has 1 aromatic carbocycles. The minimum Gasteiger partial charge on any atom is -0.398 e. The zero-order valence-corrected chi connectivity index (χ0v) is 19.7. The van der Waals surface area contributed by atoms with Crippen LogP contribution in [0, 0.1) is 0 Å². The van der Waals surface area contributed by atoms with Crippen molar-refractivity contribution in [3.63, 3.8) is 0 Å². The summed E-state index contributed by atoms with van der Waals surface area (Å²) in [5.41, 5.74) is 15.5. The monoisotopic (exact) mass is 468 g/mol. The van der Waals surface area contributed by atoms with E-state index in [-0.39, 0.29) is 0 Å². The SMILES string of the molecule is Nc1ccc(Cl)cc1CNc1nc(NC2CCC(N)CC2)nc2c1ncn2C1CCCCC1. The van der Waals surface area contributed by atoms with E-state index in [0.29, 0.717) is 47.1 Å². The molecule has 6 N–H and O–H groups in total. The molecule has 5 rings (SSSR count). The van der Waals surface area contributed by atoms with E-state index in [1.165, 1.54) is 32.1 Å². The van der Waals surface area contributed by atoms with Crippen LogP contribution in [0.15, 0.2) is 24.5 Å². The molecule has 9 heteroatoms. The Labute approximate surface area is 199 Å². The highest BCUT2D eigenvalue weighted by Gasteiger charge is 2.23. The van der Waals surface area contributed by atoms with Gasteiger partial charge in [-0.25, -0.2) is 4.98 Å². The third-order valence-electron chi connectivity index (χ3n) is 7.05. The smallest absolute Gasteiger partial charge is 0.227 e. The topological polar surface area (TPSA) is 120 Å². The Bertz CT molecular complexity index is 1100. The van der Waals surface area contributed by atoms with Crippen LogP contribution in [0.5, 0.6) is 0 Å². The van der Waals surface area contributed by atoms with Crippen molar-refractivity contribution in [3.8, 4) is 0 Å². The number of benzene rings is 1. The van der Waals surface area contributed by atoms with Crippen molar-refractivity contribution in [1.82, 2.24) is 19.5 Å². The first-order valence-electron chi connectivity index (χ1n) is 12.1. The van der Waals surface area contributed by atoms with E-state index in [0.717, 1.165) is 42.4 Å². The van der Waals surface area contributed by atoms with Gasteiger partial charge in [0.15, 0.2) is 17.0 Å². The summed E-state index contributed by atoms with van der Waals surface area (Å²) in [5, 5.41) is 7.68. The Morgan fingerprint density at radius 2 is 1.82 bits per heavy atom. The molecule has 0 unspecified atom stereocenters. The fourth-order valence-electron chi connectivity index (χ4n) is 5.08. The number of hydrogen-bond donors (Lipinski definition) is 4. The van der Waals surface area contributed by atoms with Gasteiger partial charge in [-0.3, -0.25) is 0 Å². The van der Waals surface area contributed by atoms with Crippen molar-refractivity contribution in [1.29, 1.82) is 0 Å². The Balaban J connectivity index is 1.46. The van der Waals surface area contributed by atoms with Crippen LogP contribution < -0.4 is 22.1 Å². The summed E-state index contributed by atoms with van der Waals surface area (Å²) < 4.78 is 2.25. The summed E-state index contributed by atoms with van der Waals surface area (Å²) in [4.78, 5) is 14.5. The van der Waals surface area contributed by atoms with Crippen molar-refractivity contribution >= 4 is 40.2 Å². The summed E-state index contributed by atoms with van der Waals surface area (Å²) in [6.45, 7) is 0.506. The van der Waals surface area contributed by atoms with Crippen molar-refractivity contribution in [2.75, 3.05) is 16.4 Å². The van der Waals surface area contributed by atoms with Crippen LogP contribution in [0.2, 0.25) is 5.02 Å². The minimum absolute atomic E-state index is 0.305. The molecule has 33 heavy (non-hydrogen) atoms. The van der Waals surface area contributed by atoms with Gasteiger partial charge in [-0.05, 0) is 62.3 Å². The standard InChI is InChI=1S/C24H33ClN8/c25-16-6-11-20(27)15(12-16)13-28-22-21-23(33(14-29-21)19-4-2-1-3-5-19)32-24(31-22)30-18-9-7-17(26)8-10-18/h6,11-12,14,17-19H,1-5,7-10,13,26-27H2,(H2,28,30,31,32). The van der Waals surface area contributed by atoms with Crippen molar-refractivity contribution in [3.05, 3.63) is 35.1 Å². The molecular weight excluding hydrogens is 436 g/mol. The molecule has 2 saturated carbocycles. The highest BCUT2D eigenvalue weighted by Crippen LogP contribution is 2.32. The van der Waals surface area contributed by atoms with Crippen molar-refractivity contribution in [2.24, 2.45) is 5.73 Å². The van der Waals surface area contributed by atoms with Gasteiger partial charge in [0, 0.05) is 35.4 Å². The lowest BCUT2D eigenvalue weighted by Gasteiger charge is -2.27. The largest absolute Gasteiger partial charge is 0.398 e. The molecule has 0 aliphatic heterocycles. The predicted molar refractivity (Wildman–Crippen MR) is 134 cm³/mol. The molecule has 0 radical (unpaired) electrons. The maximum absolute atomic E-state index is 6.18. The van der Waals surface area contributed by atoms with E-state index in [1.54, 1.807) is 6.07 Å². The van der Waals surface area contributed by atoms with Gasteiger partial charge in [0.05, 0.1) is 6.33 Å². The van der Waals surface area contributed by atoms with E-state index < -0.39 is 0 Å². The average molecular weight is 469 g/mol. The Morgan fingerprint density at radius 1 is 1.03 bits per heavy atom. The van der Waals surface area contributed by atoms with Crippen molar-refractivity contribution in [2.45, 2.75) is 82.5 Å². The van der Waals surface area contributed by atoms with E-state index in [1.807, 2.05) is 18.5 Å². The average Bonchev–Trinajstić information content (AvgIpc) is 3.26. The third-order valence-corrected chi connectivity index (χ3v) is 7.28. The normalized spacial score (nSPS) is 21.9. The fourth-order valence-corrected chi connectivity index (χ4v) is 5.28. The van der Waals surface area contributed by atoms with Crippen LogP contribution in [0.1, 0.15) is 69.4 Å². The van der Waals surface area contributed by atoms with Gasteiger partial charge >= 0.3 is 0 Å². The number of nitrogens with zero attached hydrogens (tertiary/aromatic N) is 4. The van der Waals surface area contributed by atoms with Crippen LogP contribution in [0.25, 0.3) is 11.2 Å². The molecule has 0 saturated heterocycles. The van der Waals surface area contributed by atoms with Crippen LogP contribution in [0.3, 0.4) is 0 Å². The Kier molecular flexibility index (Phi) is 6.55. The summed E-state index contributed by atoms with van der Waals surface area (Å²) in [6, 6.07) is 6.59. The van der Waals surface area contributed by atoms with Gasteiger partial charge in [-0.15, -0.1) is 0 Å².